The van der Waals surface area contributed by atoms with E-state index in [9.17, 15) is 4.79 Å². The molecule has 1 N–H and O–H groups in total. The van der Waals surface area contributed by atoms with Crippen LogP contribution in [0.15, 0.2) is 51.5 Å². The van der Waals surface area contributed by atoms with Crippen LogP contribution >= 0.6 is 23.1 Å². The lowest BCUT2D eigenvalue weighted by atomic mass is 10.3. The first-order valence-electron chi connectivity index (χ1n) is 5.31. The Morgan fingerprint density at radius 3 is 2.72 bits per heavy atom. The molecule has 0 radical (unpaired) electrons. The lowest BCUT2D eigenvalue weighted by Gasteiger charge is -2.03. The van der Waals surface area contributed by atoms with Crippen molar-refractivity contribution in [2.45, 2.75) is 16.2 Å². The first-order valence-corrected chi connectivity index (χ1v) is 7.00. The third-order valence-electron chi connectivity index (χ3n) is 2.11. The molecule has 2 aromatic rings. The summed E-state index contributed by atoms with van der Waals surface area (Å²) in [6.45, 7) is 5.39. The molecule has 0 bridgehead atoms. The van der Waals surface area contributed by atoms with Gasteiger partial charge in [0.1, 0.15) is 0 Å². The van der Waals surface area contributed by atoms with Gasteiger partial charge >= 0.3 is 0 Å². The van der Waals surface area contributed by atoms with E-state index in [1.54, 1.807) is 23.1 Å². The summed E-state index contributed by atoms with van der Waals surface area (Å²) in [5.41, 5.74) is 1.80. The Labute approximate surface area is 114 Å². The summed E-state index contributed by atoms with van der Waals surface area (Å²) in [6, 6.07) is 7.65. The molecule has 0 atom stereocenters. The van der Waals surface area contributed by atoms with Gasteiger partial charge in [0.15, 0.2) is 4.34 Å². The number of thiazole rings is 1. The van der Waals surface area contributed by atoms with Crippen molar-refractivity contribution in [3.8, 4) is 0 Å². The number of aromatic nitrogens is 1. The molecule has 0 aliphatic rings. The van der Waals surface area contributed by atoms with E-state index in [1.807, 2.05) is 36.6 Å². The van der Waals surface area contributed by atoms with E-state index < -0.39 is 0 Å². The fourth-order valence-corrected chi connectivity index (χ4v) is 3.09. The van der Waals surface area contributed by atoms with Gasteiger partial charge in [-0.15, -0.1) is 11.3 Å². The molecular weight excluding hydrogens is 264 g/mol. The van der Waals surface area contributed by atoms with Crippen molar-refractivity contribution < 1.29 is 4.79 Å². The summed E-state index contributed by atoms with van der Waals surface area (Å²) in [7, 11) is 0. The molecule has 2 rings (SSSR count). The minimum absolute atomic E-state index is 0.203. The number of rotatable bonds is 4. The predicted octanol–water partition coefficient (Wildman–Crippen LogP) is 3.73. The van der Waals surface area contributed by atoms with Gasteiger partial charge in [0.05, 0.1) is 0 Å². The molecule has 92 valence electrons. The topological polar surface area (TPSA) is 42.0 Å². The number of benzene rings is 1. The van der Waals surface area contributed by atoms with Gasteiger partial charge in [-0.3, -0.25) is 4.79 Å². The molecule has 0 aliphatic heterocycles. The standard InChI is InChI=1S/C13H12N2OS2/c1-3-12(16)15-10-4-6-11(7-5-10)18-13-14-9(2)8-17-13/h3-8H,1H2,2H3,(H,15,16). The van der Waals surface area contributed by atoms with Gasteiger partial charge in [0, 0.05) is 21.7 Å². The molecule has 0 fully saturated rings. The number of anilines is 1. The Morgan fingerprint density at radius 1 is 1.44 bits per heavy atom. The van der Waals surface area contributed by atoms with Crippen LogP contribution < -0.4 is 5.32 Å². The molecule has 0 aliphatic carbocycles. The molecule has 5 heteroatoms. The first kappa shape index (κ1) is 12.9. The van der Waals surface area contributed by atoms with Gasteiger partial charge in [0.2, 0.25) is 5.91 Å². The van der Waals surface area contributed by atoms with Crippen LogP contribution in [0.3, 0.4) is 0 Å². The van der Waals surface area contributed by atoms with Crippen LogP contribution in [0.1, 0.15) is 5.69 Å². The van der Waals surface area contributed by atoms with E-state index in [4.69, 9.17) is 0 Å². The van der Waals surface area contributed by atoms with Crippen molar-refractivity contribution >= 4 is 34.7 Å². The molecule has 1 amide bonds. The molecule has 18 heavy (non-hydrogen) atoms. The van der Waals surface area contributed by atoms with E-state index in [1.165, 1.54) is 6.08 Å². The average molecular weight is 276 g/mol. The number of hydrogen-bond donors (Lipinski definition) is 1. The number of carbonyl (C=O) groups is 1. The average Bonchev–Trinajstić information content (AvgIpc) is 2.77. The van der Waals surface area contributed by atoms with Crippen LogP contribution in [-0.2, 0) is 4.79 Å². The van der Waals surface area contributed by atoms with Crippen LogP contribution in [0.2, 0.25) is 0 Å². The van der Waals surface area contributed by atoms with Crippen molar-refractivity contribution in [1.29, 1.82) is 0 Å². The number of hydrogen-bond acceptors (Lipinski definition) is 4. The maximum absolute atomic E-state index is 11.1. The summed E-state index contributed by atoms with van der Waals surface area (Å²) in [4.78, 5) is 16.6. The summed E-state index contributed by atoms with van der Waals surface area (Å²) in [6.07, 6.45) is 1.25. The lowest BCUT2D eigenvalue weighted by molar-refractivity contribution is -0.111. The van der Waals surface area contributed by atoms with Gasteiger partial charge in [0.25, 0.3) is 0 Å². The highest BCUT2D eigenvalue weighted by Gasteiger charge is 2.02. The molecule has 1 aromatic carbocycles. The maximum atomic E-state index is 11.1. The summed E-state index contributed by atoms with van der Waals surface area (Å²) >= 11 is 3.25. The second kappa shape index (κ2) is 5.84. The van der Waals surface area contributed by atoms with Crippen LogP contribution in [0, 0.1) is 6.92 Å². The molecule has 0 saturated heterocycles. The molecule has 0 saturated carbocycles. The first-order chi connectivity index (χ1) is 8.67. The quantitative estimate of drug-likeness (QED) is 0.865. The summed E-state index contributed by atoms with van der Waals surface area (Å²) in [5.74, 6) is -0.203. The third-order valence-corrected chi connectivity index (χ3v) is 4.17. The Morgan fingerprint density at radius 2 is 2.17 bits per heavy atom. The highest BCUT2D eigenvalue weighted by molar-refractivity contribution is 8.01. The van der Waals surface area contributed by atoms with Gasteiger partial charge in [-0.05, 0) is 37.3 Å². The highest BCUT2D eigenvalue weighted by atomic mass is 32.2. The van der Waals surface area contributed by atoms with Crippen molar-refractivity contribution in [3.05, 3.63) is 48.0 Å². The van der Waals surface area contributed by atoms with E-state index >= 15 is 0 Å². The Hall–Kier alpha value is -1.59. The Balaban J connectivity index is 2.03. The third kappa shape index (κ3) is 3.45. The molecule has 0 unspecified atom stereocenters. The number of nitrogens with zero attached hydrogens (tertiary/aromatic N) is 1. The van der Waals surface area contributed by atoms with Crippen molar-refractivity contribution in [1.82, 2.24) is 4.98 Å². The Bertz CT molecular complexity index is 561. The fourth-order valence-electron chi connectivity index (χ4n) is 1.28. The minimum atomic E-state index is -0.203. The predicted molar refractivity (Wildman–Crippen MR) is 76.2 cm³/mol. The van der Waals surface area contributed by atoms with Crippen molar-refractivity contribution in [2.75, 3.05) is 5.32 Å². The second-order valence-electron chi connectivity index (χ2n) is 3.57. The van der Waals surface area contributed by atoms with Crippen molar-refractivity contribution in [2.24, 2.45) is 0 Å². The van der Waals surface area contributed by atoms with E-state index in [2.05, 4.69) is 16.9 Å². The smallest absolute Gasteiger partial charge is 0.247 e. The summed E-state index contributed by atoms with van der Waals surface area (Å²) < 4.78 is 1.02. The largest absolute Gasteiger partial charge is 0.323 e. The highest BCUT2D eigenvalue weighted by Crippen LogP contribution is 2.30. The van der Waals surface area contributed by atoms with E-state index in [-0.39, 0.29) is 5.91 Å². The van der Waals surface area contributed by atoms with Crippen LogP contribution in [0.4, 0.5) is 5.69 Å². The zero-order valence-corrected chi connectivity index (χ0v) is 11.5. The normalized spacial score (nSPS) is 10.1. The van der Waals surface area contributed by atoms with E-state index in [0.29, 0.717) is 0 Å². The lowest BCUT2D eigenvalue weighted by Crippen LogP contribution is -2.06. The molecule has 3 nitrogen and oxygen atoms in total. The van der Waals surface area contributed by atoms with Crippen LogP contribution in [-0.4, -0.2) is 10.9 Å². The number of amides is 1. The zero-order chi connectivity index (χ0) is 13.0. The molecule has 1 heterocycles. The van der Waals surface area contributed by atoms with Gasteiger partial charge < -0.3 is 5.32 Å². The number of carbonyl (C=O) groups excluding carboxylic acids is 1. The molecule has 0 spiro atoms. The van der Waals surface area contributed by atoms with Gasteiger partial charge in [-0.2, -0.15) is 0 Å². The summed E-state index contributed by atoms with van der Waals surface area (Å²) in [5, 5.41) is 4.74. The van der Waals surface area contributed by atoms with E-state index in [0.717, 1.165) is 20.6 Å². The maximum Gasteiger partial charge on any atom is 0.247 e. The fraction of sp³-hybridized carbons (Fsp3) is 0.0769. The van der Waals surface area contributed by atoms with Crippen molar-refractivity contribution in [3.63, 3.8) is 0 Å². The van der Waals surface area contributed by atoms with Crippen LogP contribution in [0.25, 0.3) is 0 Å². The number of aryl methyl sites for hydroxylation is 1. The zero-order valence-electron chi connectivity index (χ0n) is 9.84. The van der Waals surface area contributed by atoms with Crippen LogP contribution in [0.5, 0.6) is 0 Å². The monoisotopic (exact) mass is 276 g/mol. The number of nitrogens with one attached hydrogen (secondary N) is 1. The second-order valence-corrected chi connectivity index (χ2v) is 5.75. The Kier molecular flexibility index (Phi) is 4.17. The SMILES string of the molecule is C=CC(=O)Nc1ccc(Sc2nc(C)cs2)cc1. The van der Waals surface area contributed by atoms with Gasteiger partial charge in [-0.1, -0.05) is 18.3 Å². The molecule has 1 aromatic heterocycles. The molecular formula is C13H12N2OS2. The van der Waals surface area contributed by atoms with Gasteiger partial charge in [-0.25, -0.2) is 4.98 Å². The minimum Gasteiger partial charge on any atom is -0.323 e.